The van der Waals surface area contributed by atoms with Gasteiger partial charge in [0.2, 0.25) is 10.0 Å². The highest BCUT2D eigenvalue weighted by atomic mass is 32.2. The molecule has 1 amide bonds. The van der Waals surface area contributed by atoms with E-state index in [-0.39, 0.29) is 28.7 Å². The van der Waals surface area contributed by atoms with E-state index in [4.69, 9.17) is 14.2 Å². The average Bonchev–Trinajstić information content (AvgIpc) is 3.02. The predicted molar refractivity (Wildman–Crippen MR) is 153 cm³/mol. The number of hydrogen-bond donors (Lipinski definition) is 0. The minimum Gasteiger partial charge on any atom is -0.493 e. The minimum absolute atomic E-state index is 0.0158. The monoisotopic (exact) mass is 618 g/mol. The normalized spacial score (nSPS) is 17.7. The molecule has 12 heteroatoms. The number of ether oxygens (including phenoxy) is 3. The average molecular weight is 619 g/mol. The van der Waals surface area contributed by atoms with E-state index < -0.39 is 27.8 Å². The second-order valence-corrected chi connectivity index (χ2v) is 12.4. The number of benzene rings is 3. The van der Waals surface area contributed by atoms with E-state index in [1.165, 1.54) is 54.9 Å². The second-order valence-electron chi connectivity index (χ2n) is 10.5. The SMILES string of the molecule is COc1cc2c(cc1OC)[C@@H](COc1cccc(C(F)(F)F)c1)N(C(=O)c1ccc(S(=O)(=O)N3CCCCC3)cc1)CC2. The van der Waals surface area contributed by atoms with Crippen LogP contribution >= 0.6 is 0 Å². The molecular weight excluding hydrogens is 585 g/mol. The maximum atomic E-state index is 13.9. The third kappa shape index (κ3) is 6.45. The molecule has 3 aromatic carbocycles. The topological polar surface area (TPSA) is 85.4 Å². The number of piperidine rings is 1. The first kappa shape index (κ1) is 30.7. The molecule has 1 saturated heterocycles. The molecule has 2 aliphatic heterocycles. The molecule has 0 aliphatic carbocycles. The number of fused-ring (bicyclic) bond motifs is 1. The Bertz CT molecular complexity index is 1570. The van der Waals surface area contributed by atoms with Crippen molar-refractivity contribution in [2.45, 2.75) is 42.8 Å². The molecule has 1 atom stereocenters. The van der Waals surface area contributed by atoms with Gasteiger partial charge < -0.3 is 19.1 Å². The zero-order valence-corrected chi connectivity index (χ0v) is 24.7. The van der Waals surface area contributed by atoms with Gasteiger partial charge in [0.05, 0.1) is 30.7 Å². The number of sulfonamides is 1. The number of carbonyl (C=O) groups excluding carboxylic acids is 1. The van der Waals surface area contributed by atoms with E-state index >= 15 is 0 Å². The summed E-state index contributed by atoms with van der Waals surface area (Å²) in [5, 5.41) is 0. The quantitative estimate of drug-likeness (QED) is 0.321. The molecule has 3 aromatic rings. The molecule has 5 rings (SSSR count). The molecule has 8 nitrogen and oxygen atoms in total. The maximum absolute atomic E-state index is 13.9. The number of methoxy groups -OCH3 is 2. The van der Waals surface area contributed by atoms with Crippen LogP contribution in [0.15, 0.2) is 65.6 Å². The number of amides is 1. The zero-order valence-electron chi connectivity index (χ0n) is 23.9. The Morgan fingerprint density at radius 1 is 0.907 bits per heavy atom. The molecule has 0 unspecified atom stereocenters. The van der Waals surface area contributed by atoms with Crippen LogP contribution in [0.25, 0.3) is 0 Å². The van der Waals surface area contributed by atoms with Crippen molar-refractivity contribution in [3.8, 4) is 17.2 Å². The second kappa shape index (κ2) is 12.5. The van der Waals surface area contributed by atoms with Gasteiger partial charge in [0.15, 0.2) is 11.5 Å². The van der Waals surface area contributed by atoms with E-state index in [0.717, 1.165) is 37.0 Å². The third-order valence-electron chi connectivity index (χ3n) is 7.89. The van der Waals surface area contributed by atoms with E-state index in [9.17, 15) is 26.4 Å². The van der Waals surface area contributed by atoms with E-state index in [1.54, 1.807) is 11.0 Å². The first-order valence-electron chi connectivity index (χ1n) is 14.0. The van der Waals surface area contributed by atoms with Crippen LogP contribution in [0.2, 0.25) is 0 Å². The Hall–Kier alpha value is -3.77. The van der Waals surface area contributed by atoms with Gasteiger partial charge in [-0.25, -0.2) is 8.42 Å². The lowest BCUT2D eigenvalue weighted by Gasteiger charge is -2.37. The number of nitrogens with zero attached hydrogens (tertiary/aromatic N) is 2. The fourth-order valence-corrected chi connectivity index (χ4v) is 7.10. The molecule has 2 aliphatic rings. The Labute approximate surface area is 249 Å². The van der Waals surface area contributed by atoms with Gasteiger partial charge in [0.1, 0.15) is 12.4 Å². The summed E-state index contributed by atoms with van der Waals surface area (Å²) in [5.41, 5.74) is 1.05. The van der Waals surface area contributed by atoms with Crippen molar-refractivity contribution in [1.82, 2.24) is 9.21 Å². The van der Waals surface area contributed by atoms with E-state index in [2.05, 4.69) is 0 Å². The van der Waals surface area contributed by atoms with Crippen molar-refractivity contribution in [2.24, 2.45) is 0 Å². The highest BCUT2D eigenvalue weighted by molar-refractivity contribution is 7.89. The summed E-state index contributed by atoms with van der Waals surface area (Å²) in [4.78, 5) is 15.6. The Balaban J connectivity index is 1.44. The number of hydrogen-bond acceptors (Lipinski definition) is 6. The first-order valence-corrected chi connectivity index (χ1v) is 15.4. The lowest BCUT2D eigenvalue weighted by molar-refractivity contribution is -0.137. The fourth-order valence-electron chi connectivity index (χ4n) is 5.58. The molecule has 43 heavy (non-hydrogen) atoms. The van der Waals surface area contributed by atoms with Crippen molar-refractivity contribution in [3.05, 3.63) is 82.9 Å². The highest BCUT2D eigenvalue weighted by Crippen LogP contribution is 2.39. The van der Waals surface area contributed by atoms with Crippen LogP contribution in [0.3, 0.4) is 0 Å². The minimum atomic E-state index is -4.53. The summed E-state index contributed by atoms with van der Waals surface area (Å²) < 4.78 is 84.4. The van der Waals surface area contributed by atoms with Crippen LogP contribution in [0, 0.1) is 0 Å². The summed E-state index contributed by atoms with van der Waals surface area (Å²) in [6, 6.07) is 13.4. The van der Waals surface area contributed by atoms with Gasteiger partial charge in [0, 0.05) is 25.2 Å². The number of rotatable bonds is 8. The third-order valence-corrected chi connectivity index (χ3v) is 9.80. The van der Waals surface area contributed by atoms with Gasteiger partial charge in [-0.1, -0.05) is 12.5 Å². The molecule has 0 aromatic heterocycles. The number of carbonyl (C=O) groups is 1. The molecular formula is C31H33F3N2O6S. The lowest BCUT2D eigenvalue weighted by Crippen LogP contribution is -2.42. The zero-order chi connectivity index (χ0) is 30.8. The van der Waals surface area contributed by atoms with Gasteiger partial charge in [-0.2, -0.15) is 17.5 Å². The van der Waals surface area contributed by atoms with Crippen LogP contribution in [-0.2, 0) is 22.6 Å². The molecule has 0 N–H and O–H groups in total. The molecule has 0 saturated carbocycles. The van der Waals surface area contributed by atoms with Crippen molar-refractivity contribution >= 4 is 15.9 Å². The Kier molecular flexibility index (Phi) is 8.89. The van der Waals surface area contributed by atoms with Gasteiger partial charge in [-0.3, -0.25) is 4.79 Å². The van der Waals surface area contributed by atoms with Crippen LogP contribution in [0.1, 0.15) is 52.4 Å². The largest absolute Gasteiger partial charge is 0.493 e. The van der Waals surface area contributed by atoms with Gasteiger partial charge >= 0.3 is 6.18 Å². The van der Waals surface area contributed by atoms with Crippen LogP contribution in [0.4, 0.5) is 13.2 Å². The van der Waals surface area contributed by atoms with Crippen LogP contribution < -0.4 is 14.2 Å². The highest BCUT2D eigenvalue weighted by Gasteiger charge is 2.35. The predicted octanol–water partition coefficient (Wildman–Crippen LogP) is 5.72. The van der Waals surface area contributed by atoms with Gasteiger partial charge in [-0.15, -0.1) is 0 Å². The molecule has 2 heterocycles. The van der Waals surface area contributed by atoms with E-state index in [1.807, 2.05) is 6.07 Å². The van der Waals surface area contributed by atoms with Gasteiger partial charge in [0.25, 0.3) is 5.91 Å². The number of alkyl halides is 3. The Morgan fingerprint density at radius 2 is 1.58 bits per heavy atom. The van der Waals surface area contributed by atoms with Crippen LogP contribution in [0.5, 0.6) is 17.2 Å². The van der Waals surface area contributed by atoms with Crippen molar-refractivity contribution in [3.63, 3.8) is 0 Å². The van der Waals surface area contributed by atoms with E-state index in [0.29, 0.717) is 43.1 Å². The van der Waals surface area contributed by atoms with Crippen LogP contribution in [-0.4, -0.2) is 64.0 Å². The lowest BCUT2D eigenvalue weighted by atomic mass is 9.91. The molecule has 0 radical (unpaired) electrons. The summed E-state index contributed by atoms with van der Waals surface area (Å²) >= 11 is 0. The van der Waals surface area contributed by atoms with Crippen molar-refractivity contribution < 1.29 is 40.6 Å². The molecule has 230 valence electrons. The van der Waals surface area contributed by atoms with Crippen molar-refractivity contribution in [2.75, 3.05) is 40.5 Å². The maximum Gasteiger partial charge on any atom is 0.416 e. The smallest absolute Gasteiger partial charge is 0.416 e. The molecule has 0 spiro atoms. The summed E-state index contributed by atoms with van der Waals surface area (Å²) in [7, 11) is -0.655. The number of halogens is 3. The molecule has 1 fully saturated rings. The summed E-state index contributed by atoms with van der Waals surface area (Å²) in [5.74, 6) is 0.609. The van der Waals surface area contributed by atoms with Crippen molar-refractivity contribution in [1.29, 1.82) is 0 Å². The van der Waals surface area contributed by atoms with Gasteiger partial charge in [-0.05, 0) is 85.0 Å². The Morgan fingerprint density at radius 3 is 2.23 bits per heavy atom. The summed E-state index contributed by atoms with van der Waals surface area (Å²) in [6.07, 6.45) is -1.42. The first-order chi connectivity index (χ1) is 20.5. The standard InChI is InChI=1S/C31H33F3N2O6S/c1-40-28-17-22-13-16-36(30(37)21-9-11-25(12-10-21)43(38,39)35-14-4-3-5-15-35)27(26(22)19-29(28)41-2)20-42-24-8-6-7-23(18-24)31(32,33)34/h6-12,17-19,27H,3-5,13-16,20H2,1-2H3/t27-/m1/s1. The molecule has 0 bridgehead atoms. The summed E-state index contributed by atoms with van der Waals surface area (Å²) in [6.45, 7) is 1.11. The fraction of sp³-hybridized carbons (Fsp3) is 0.387.